The molecule has 6 heteroatoms. The second-order valence-corrected chi connectivity index (χ2v) is 10.3. The van der Waals surface area contributed by atoms with Crippen LogP contribution in [0.2, 0.25) is 10.2 Å². The monoisotopic (exact) mass is 469 g/mol. The first kappa shape index (κ1) is 22.2. The molecule has 0 aliphatic heterocycles. The zero-order chi connectivity index (χ0) is 22.3. The zero-order valence-electron chi connectivity index (χ0n) is 17.9. The highest BCUT2D eigenvalue weighted by Gasteiger charge is 2.25. The number of rotatable bonds is 4. The van der Waals surface area contributed by atoms with Crippen LogP contribution in [0.15, 0.2) is 48.7 Å². The van der Waals surface area contributed by atoms with Crippen LogP contribution in [0.1, 0.15) is 38.0 Å². The summed E-state index contributed by atoms with van der Waals surface area (Å²) < 4.78 is 7.35. The van der Waals surface area contributed by atoms with Crippen LogP contribution in [0.25, 0.3) is 31.9 Å². The van der Waals surface area contributed by atoms with E-state index in [4.69, 9.17) is 32.9 Å². The van der Waals surface area contributed by atoms with Gasteiger partial charge in [-0.2, -0.15) is 0 Å². The molecule has 2 aromatic heterocycles. The largest absolute Gasteiger partial charge is 0.368 e. The number of aromatic nitrogens is 2. The maximum Gasteiger partial charge on any atom is 0.129 e. The van der Waals surface area contributed by atoms with E-state index < -0.39 is 0 Å². The van der Waals surface area contributed by atoms with Crippen LogP contribution in [-0.4, -0.2) is 15.6 Å². The highest BCUT2D eigenvalue weighted by molar-refractivity contribution is 7.22. The van der Waals surface area contributed by atoms with Crippen LogP contribution >= 0.6 is 34.5 Å². The lowest BCUT2D eigenvalue weighted by atomic mass is 9.92. The Morgan fingerprint density at radius 3 is 2.39 bits per heavy atom. The van der Waals surface area contributed by atoms with Gasteiger partial charge in [-0.05, 0) is 81.6 Å². The number of hydrogen-bond acceptors (Lipinski definition) is 4. The number of pyridine rings is 1. The van der Waals surface area contributed by atoms with Crippen LogP contribution in [0.4, 0.5) is 0 Å². The lowest BCUT2D eigenvalue weighted by Gasteiger charge is -2.28. The van der Waals surface area contributed by atoms with Gasteiger partial charge in [-0.1, -0.05) is 35.3 Å². The normalized spacial score (nSPS) is 13.0. The summed E-state index contributed by atoms with van der Waals surface area (Å²) >= 11 is 13.9. The van der Waals surface area contributed by atoms with Gasteiger partial charge in [-0.25, -0.2) is 9.97 Å². The van der Waals surface area contributed by atoms with Crippen molar-refractivity contribution in [2.45, 2.75) is 39.4 Å². The fourth-order valence-corrected chi connectivity index (χ4v) is 5.09. The van der Waals surface area contributed by atoms with Gasteiger partial charge in [0.05, 0.1) is 21.9 Å². The van der Waals surface area contributed by atoms with Crippen molar-refractivity contribution in [3.8, 4) is 21.7 Å². The predicted octanol–water partition coefficient (Wildman–Crippen LogP) is 8.33. The van der Waals surface area contributed by atoms with Crippen molar-refractivity contribution < 1.29 is 4.74 Å². The lowest BCUT2D eigenvalue weighted by molar-refractivity contribution is -0.0408. The molecule has 31 heavy (non-hydrogen) atoms. The summed E-state index contributed by atoms with van der Waals surface area (Å²) in [5, 5.41) is 2.04. The first-order chi connectivity index (χ1) is 14.6. The summed E-state index contributed by atoms with van der Waals surface area (Å²) in [6, 6.07) is 13.7. The molecule has 0 aliphatic rings. The Morgan fingerprint density at radius 2 is 1.74 bits per heavy atom. The SMILES string of the molecule is [CH2][C@H](OC(C)(C)C)c1c(C)cc2nc(-c3ccnc(Cl)c3)sc2c1-c1ccc(Cl)cc1. The Balaban J connectivity index is 1.98. The fourth-order valence-electron chi connectivity index (χ4n) is 3.67. The molecule has 0 unspecified atom stereocenters. The van der Waals surface area contributed by atoms with Crippen LogP contribution in [0.5, 0.6) is 0 Å². The Bertz CT molecular complexity index is 1240. The molecular weight excluding hydrogens is 447 g/mol. The van der Waals surface area contributed by atoms with Gasteiger partial charge in [0.1, 0.15) is 10.2 Å². The number of aryl methyl sites for hydroxylation is 1. The van der Waals surface area contributed by atoms with Crippen molar-refractivity contribution in [2.75, 3.05) is 0 Å². The van der Waals surface area contributed by atoms with Gasteiger partial charge < -0.3 is 4.74 Å². The van der Waals surface area contributed by atoms with Gasteiger partial charge in [0.2, 0.25) is 0 Å². The number of thiazole rings is 1. The fraction of sp³-hybridized carbons (Fsp3) is 0.240. The Kier molecular flexibility index (Phi) is 6.10. The average molecular weight is 470 g/mol. The number of fused-ring (bicyclic) bond motifs is 1. The number of ether oxygens (including phenoxy) is 1. The molecule has 3 nitrogen and oxygen atoms in total. The lowest BCUT2D eigenvalue weighted by Crippen LogP contribution is -2.22. The van der Waals surface area contributed by atoms with Gasteiger partial charge >= 0.3 is 0 Å². The second kappa shape index (κ2) is 8.51. The molecule has 4 rings (SSSR count). The van der Waals surface area contributed by atoms with Gasteiger partial charge in [0.25, 0.3) is 0 Å². The highest BCUT2D eigenvalue weighted by atomic mass is 35.5. The predicted molar refractivity (Wildman–Crippen MR) is 132 cm³/mol. The molecule has 1 atom stereocenters. The molecule has 159 valence electrons. The van der Waals surface area contributed by atoms with Crippen LogP contribution in [0, 0.1) is 13.8 Å². The van der Waals surface area contributed by atoms with Gasteiger partial charge in [0.15, 0.2) is 0 Å². The maximum atomic E-state index is 6.27. The number of nitrogens with zero attached hydrogens (tertiary/aromatic N) is 2. The molecule has 0 spiro atoms. The molecule has 1 radical (unpaired) electrons. The standard InChI is InChI=1S/C25H23Cl2N2OS/c1-14-12-19-23(31-24(29-19)17-10-11-28-20(27)13-17)22(16-6-8-18(26)9-7-16)21(14)15(2)30-25(3,4)5/h6-13,15H,2H2,1,3-5H3/t15-/m0/s1. The van der Waals surface area contributed by atoms with Crippen molar-refractivity contribution in [3.63, 3.8) is 0 Å². The molecular formula is C25H23Cl2N2OS. The van der Waals surface area contributed by atoms with Crippen molar-refractivity contribution in [1.29, 1.82) is 0 Å². The van der Waals surface area contributed by atoms with E-state index in [1.807, 2.05) is 57.2 Å². The molecule has 0 saturated carbocycles. The number of benzene rings is 2. The number of halogens is 2. The molecule has 2 heterocycles. The van der Waals surface area contributed by atoms with E-state index in [2.05, 4.69) is 24.9 Å². The Morgan fingerprint density at radius 1 is 1.03 bits per heavy atom. The highest BCUT2D eigenvalue weighted by Crippen LogP contribution is 2.44. The minimum Gasteiger partial charge on any atom is -0.368 e. The quantitative estimate of drug-likeness (QED) is 0.281. The third-order valence-corrected chi connectivity index (χ3v) is 6.45. The molecule has 0 bridgehead atoms. The summed E-state index contributed by atoms with van der Waals surface area (Å²) in [6.07, 6.45) is 1.36. The molecule has 0 fully saturated rings. The molecule has 2 aromatic carbocycles. The van der Waals surface area contributed by atoms with E-state index in [0.29, 0.717) is 10.2 Å². The van der Waals surface area contributed by atoms with Crippen LogP contribution < -0.4 is 0 Å². The van der Waals surface area contributed by atoms with Gasteiger partial charge in [0, 0.05) is 22.3 Å². The number of hydrogen-bond donors (Lipinski definition) is 0. The van der Waals surface area contributed by atoms with Crippen LogP contribution in [0.3, 0.4) is 0 Å². The summed E-state index contributed by atoms with van der Waals surface area (Å²) in [5.74, 6) is 0. The third-order valence-electron chi connectivity index (χ3n) is 4.85. The Labute approximate surface area is 197 Å². The molecule has 0 amide bonds. The maximum absolute atomic E-state index is 6.27. The Hall–Kier alpha value is -1.98. The topological polar surface area (TPSA) is 35.0 Å². The zero-order valence-corrected chi connectivity index (χ0v) is 20.2. The van der Waals surface area contributed by atoms with Crippen molar-refractivity contribution in [3.05, 3.63) is 76.9 Å². The first-order valence-corrected chi connectivity index (χ1v) is 11.5. The summed E-state index contributed by atoms with van der Waals surface area (Å²) in [6.45, 7) is 12.6. The van der Waals surface area contributed by atoms with E-state index in [1.54, 1.807) is 17.5 Å². The molecule has 4 aromatic rings. The molecule has 0 N–H and O–H groups in total. The molecule has 0 aliphatic carbocycles. The first-order valence-electron chi connectivity index (χ1n) is 9.95. The summed E-state index contributed by atoms with van der Waals surface area (Å²) in [4.78, 5) is 8.99. The second-order valence-electron chi connectivity index (χ2n) is 8.44. The minimum atomic E-state index is -0.337. The van der Waals surface area contributed by atoms with Crippen LogP contribution in [-0.2, 0) is 4.74 Å². The smallest absolute Gasteiger partial charge is 0.129 e. The summed E-state index contributed by atoms with van der Waals surface area (Å²) in [7, 11) is 0. The van der Waals surface area contributed by atoms with E-state index in [9.17, 15) is 0 Å². The average Bonchev–Trinajstić information content (AvgIpc) is 3.10. The van der Waals surface area contributed by atoms with E-state index in [-0.39, 0.29) is 11.7 Å². The van der Waals surface area contributed by atoms with Crippen molar-refractivity contribution in [1.82, 2.24) is 9.97 Å². The van der Waals surface area contributed by atoms with Crippen molar-refractivity contribution >= 4 is 44.8 Å². The summed E-state index contributed by atoms with van der Waals surface area (Å²) in [5.41, 5.74) is 5.85. The third kappa shape index (κ3) is 4.78. The van der Waals surface area contributed by atoms with Gasteiger partial charge in [-0.3, -0.25) is 0 Å². The molecule has 0 saturated heterocycles. The van der Waals surface area contributed by atoms with Gasteiger partial charge in [-0.15, -0.1) is 11.3 Å². The van der Waals surface area contributed by atoms with E-state index in [1.165, 1.54) is 0 Å². The van der Waals surface area contributed by atoms with E-state index in [0.717, 1.165) is 43.0 Å². The van der Waals surface area contributed by atoms with Crippen molar-refractivity contribution in [2.24, 2.45) is 0 Å². The van der Waals surface area contributed by atoms with E-state index >= 15 is 0 Å². The minimum absolute atomic E-state index is 0.322.